The van der Waals surface area contributed by atoms with Crippen molar-refractivity contribution in [3.05, 3.63) is 58.5 Å². The van der Waals surface area contributed by atoms with Gasteiger partial charge in [0.1, 0.15) is 0 Å². The summed E-state index contributed by atoms with van der Waals surface area (Å²) < 4.78 is 6.09. The van der Waals surface area contributed by atoms with E-state index in [0.717, 1.165) is 32.1 Å². The van der Waals surface area contributed by atoms with Crippen LogP contribution in [-0.2, 0) is 6.42 Å². The summed E-state index contributed by atoms with van der Waals surface area (Å²) in [5.74, 6) is 0.414. The zero-order valence-corrected chi connectivity index (χ0v) is 15.1. The van der Waals surface area contributed by atoms with Gasteiger partial charge in [0.15, 0.2) is 10.4 Å². The number of carbonyl (C=O) groups excluding carboxylic acids is 1. The first-order chi connectivity index (χ1) is 11.7. The average molecular weight is 389 g/mol. The number of piperazine rings is 1. The number of hydrogen-bond acceptors (Lipinski definition) is 3. The van der Waals surface area contributed by atoms with Crippen LogP contribution in [-0.4, -0.2) is 47.4 Å². The first kappa shape index (κ1) is 15.9. The zero-order valence-electron chi connectivity index (χ0n) is 13.5. The Balaban J connectivity index is 1.54. The minimum absolute atomic E-state index is 0.00271. The molecule has 1 aromatic heterocycles. The molecule has 1 saturated carbocycles. The molecule has 2 fully saturated rings. The van der Waals surface area contributed by atoms with Crippen LogP contribution in [0.4, 0.5) is 0 Å². The highest BCUT2D eigenvalue weighted by atomic mass is 79.9. The standard InChI is InChI=1S/C19H21BrN2O2/c20-18-9-8-17(24-18)19(23)22-11-10-21(15-6-7-15)13-16(22)12-14-4-2-1-3-5-14/h1-5,8-9,15-16H,6-7,10-13H2. The minimum Gasteiger partial charge on any atom is -0.444 e. The van der Waals surface area contributed by atoms with Gasteiger partial charge < -0.3 is 9.32 Å². The Morgan fingerprint density at radius 2 is 1.92 bits per heavy atom. The molecule has 2 aromatic rings. The van der Waals surface area contributed by atoms with Crippen LogP contribution in [0.5, 0.6) is 0 Å². The van der Waals surface area contributed by atoms with Crippen LogP contribution in [0.3, 0.4) is 0 Å². The smallest absolute Gasteiger partial charge is 0.289 e. The van der Waals surface area contributed by atoms with Gasteiger partial charge in [-0.3, -0.25) is 9.69 Å². The summed E-state index contributed by atoms with van der Waals surface area (Å²) in [5.41, 5.74) is 1.28. The van der Waals surface area contributed by atoms with E-state index in [1.165, 1.54) is 18.4 Å². The number of furan rings is 1. The van der Waals surface area contributed by atoms with Crippen LogP contribution >= 0.6 is 15.9 Å². The van der Waals surface area contributed by atoms with Crippen LogP contribution < -0.4 is 0 Å². The Hall–Kier alpha value is -1.59. The zero-order chi connectivity index (χ0) is 16.5. The molecule has 1 aliphatic heterocycles. The van der Waals surface area contributed by atoms with E-state index in [0.29, 0.717) is 10.4 Å². The van der Waals surface area contributed by atoms with Crippen molar-refractivity contribution in [2.24, 2.45) is 0 Å². The van der Waals surface area contributed by atoms with Crippen LogP contribution in [0.15, 0.2) is 51.6 Å². The van der Waals surface area contributed by atoms with Crippen molar-refractivity contribution in [1.82, 2.24) is 9.80 Å². The topological polar surface area (TPSA) is 36.7 Å². The summed E-state index contributed by atoms with van der Waals surface area (Å²) in [7, 11) is 0. The third kappa shape index (κ3) is 3.42. The van der Waals surface area contributed by atoms with E-state index in [2.05, 4.69) is 45.1 Å². The molecule has 126 valence electrons. The number of benzene rings is 1. The van der Waals surface area contributed by atoms with E-state index in [1.54, 1.807) is 12.1 Å². The van der Waals surface area contributed by atoms with E-state index in [4.69, 9.17) is 4.42 Å². The number of hydrogen-bond donors (Lipinski definition) is 0. The summed E-state index contributed by atoms with van der Waals surface area (Å²) in [4.78, 5) is 17.4. The molecule has 1 aromatic carbocycles. The molecular formula is C19H21BrN2O2. The van der Waals surface area contributed by atoms with Crippen molar-refractivity contribution in [2.45, 2.75) is 31.3 Å². The van der Waals surface area contributed by atoms with Gasteiger partial charge in [-0.15, -0.1) is 0 Å². The van der Waals surface area contributed by atoms with Gasteiger partial charge in [-0.1, -0.05) is 30.3 Å². The Kier molecular flexibility index (Phi) is 4.46. The van der Waals surface area contributed by atoms with Gasteiger partial charge >= 0.3 is 0 Å². The van der Waals surface area contributed by atoms with E-state index in [9.17, 15) is 4.79 Å². The van der Waals surface area contributed by atoms with Gasteiger partial charge in [-0.25, -0.2) is 0 Å². The Bertz CT molecular complexity index is 711. The number of rotatable bonds is 4. The van der Waals surface area contributed by atoms with Crippen molar-refractivity contribution < 1.29 is 9.21 Å². The Morgan fingerprint density at radius 1 is 1.12 bits per heavy atom. The maximum absolute atomic E-state index is 12.9. The monoisotopic (exact) mass is 388 g/mol. The predicted octanol–water partition coefficient (Wildman–Crippen LogP) is 3.57. The Labute approximate surface area is 150 Å². The number of amides is 1. The van der Waals surface area contributed by atoms with Crippen molar-refractivity contribution in [2.75, 3.05) is 19.6 Å². The predicted molar refractivity (Wildman–Crippen MR) is 96.0 cm³/mol. The number of carbonyl (C=O) groups is 1. The van der Waals surface area contributed by atoms with E-state index >= 15 is 0 Å². The fourth-order valence-corrected chi connectivity index (χ4v) is 3.86. The Morgan fingerprint density at radius 3 is 2.58 bits per heavy atom. The quantitative estimate of drug-likeness (QED) is 0.802. The van der Waals surface area contributed by atoms with Crippen LogP contribution in [0, 0.1) is 0 Å². The molecule has 0 N–H and O–H groups in total. The second-order valence-corrected chi connectivity index (χ2v) is 7.45. The van der Waals surface area contributed by atoms with Gasteiger partial charge in [-0.05, 0) is 52.9 Å². The molecule has 1 amide bonds. The van der Waals surface area contributed by atoms with Crippen molar-refractivity contribution in [1.29, 1.82) is 0 Å². The highest BCUT2D eigenvalue weighted by molar-refractivity contribution is 9.10. The lowest BCUT2D eigenvalue weighted by Crippen LogP contribution is -2.56. The lowest BCUT2D eigenvalue weighted by Gasteiger charge is -2.41. The maximum Gasteiger partial charge on any atom is 0.289 e. The highest BCUT2D eigenvalue weighted by Gasteiger charge is 2.38. The molecular weight excluding hydrogens is 368 g/mol. The highest BCUT2D eigenvalue weighted by Crippen LogP contribution is 2.30. The van der Waals surface area contributed by atoms with Crippen LogP contribution in [0.25, 0.3) is 0 Å². The first-order valence-electron chi connectivity index (χ1n) is 8.55. The van der Waals surface area contributed by atoms with E-state index in [-0.39, 0.29) is 11.9 Å². The molecule has 0 bridgehead atoms. The minimum atomic E-state index is -0.00271. The van der Waals surface area contributed by atoms with E-state index in [1.807, 2.05) is 11.0 Å². The second kappa shape index (κ2) is 6.73. The molecule has 1 aliphatic carbocycles. The molecule has 1 unspecified atom stereocenters. The largest absolute Gasteiger partial charge is 0.444 e. The summed E-state index contributed by atoms with van der Waals surface area (Å²) in [5, 5.41) is 0. The average Bonchev–Trinajstić information content (AvgIpc) is 3.36. The molecule has 0 radical (unpaired) electrons. The fraction of sp³-hybridized carbons (Fsp3) is 0.421. The summed E-state index contributed by atoms with van der Waals surface area (Å²) >= 11 is 3.28. The van der Waals surface area contributed by atoms with Gasteiger partial charge in [-0.2, -0.15) is 0 Å². The fourth-order valence-electron chi connectivity index (χ4n) is 3.55. The lowest BCUT2D eigenvalue weighted by atomic mass is 10.0. The van der Waals surface area contributed by atoms with Crippen molar-refractivity contribution >= 4 is 21.8 Å². The third-order valence-corrected chi connectivity index (χ3v) is 5.36. The molecule has 4 nitrogen and oxygen atoms in total. The molecule has 4 rings (SSSR count). The lowest BCUT2D eigenvalue weighted by molar-refractivity contribution is 0.0408. The number of nitrogens with zero attached hydrogens (tertiary/aromatic N) is 2. The molecule has 24 heavy (non-hydrogen) atoms. The van der Waals surface area contributed by atoms with Gasteiger partial charge in [0.2, 0.25) is 0 Å². The van der Waals surface area contributed by atoms with Crippen molar-refractivity contribution in [3.63, 3.8) is 0 Å². The number of halogens is 1. The molecule has 2 aliphatic rings. The summed E-state index contributed by atoms with van der Waals surface area (Å²) in [6.45, 7) is 2.68. The summed E-state index contributed by atoms with van der Waals surface area (Å²) in [6.07, 6.45) is 3.49. The summed E-state index contributed by atoms with van der Waals surface area (Å²) in [6, 6.07) is 14.9. The normalized spacial score (nSPS) is 21.9. The van der Waals surface area contributed by atoms with Gasteiger partial charge in [0, 0.05) is 31.7 Å². The van der Waals surface area contributed by atoms with Crippen LogP contribution in [0.2, 0.25) is 0 Å². The SMILES string of the molecule is O=C(c1ccc(Br)o1)N1CCN(C2CC2)CC1Cc1ccccc1. The molecule has 5 heteroatoms. The van der Waals surface area contributed by atoms with Gasteiger partial charge in [0.05, 0.1) is 0 Å². The maximum atomic E-state index is 12.9. The third-order valence-electron chi connectivity index (χ3n) is 4.94. The second-order valence-electron chi connectivity index (χ2n) is 6.67. The van der Waals surface area contributed by atoms with Gasteiger partial charge in [0.25, 0.3) is 5.91 Å². The van der Waals surface area contributed by atoms with Crippen LogP contribution in [0.1, 0.15) is 29.0 Å². The first-order valence-corrected chi connectivity index (χ1v) is 9.34. The van der Waals surface area contributed by atoms with Crippen molar-refractivity contribution in [3.8, 4) is 0 Å². The molecule has 0 spiro atoms. The molecule has 2 heterocycles. The molecule has 1 atom stereocenters. The van der Waals surface area contributed by atoms with E-state index < -0.39 is 0 Å². The molecule has 1 saturated heterocycles.